The molecule has 2 rings (SSSR count). The molecule has 0 atom stereocenters. The Bertz CT molecular complexity index is 570. The minimum absolute atomic E-state index is 0.0953. The van der Waals surface area contributed by atoms with Crippen LogP contribution in [0.15, 0.2) is 22.7 Å². The fraction of sp³-hybridized carbons (Fsp3) is 0.111. The van der Waals surface area contributed by atoms with Crippen LogP contribution >= 0.6 is 15.9 Å². The average molecular weight is 300 g/mol. The second-order valence-electron chi connectivity index (χ2n) is 3.19. The summed E-state index contributed by atoms with van der Waals surface area (Å²) in [4.78, 5) is 12.9. The highest BCUT2D eigenvalue weighted by atomic mass is 79.9. The molecule has 0 saturated heterocycles. The molecule has 0 saturated carbocycles. The van der Waals surface area contributed by atoms with Crippen molar-refractivity contribution in [3.8, 4) is 0 Å². The van der Waals surface area contributed by atoms with E-state index in [1.165, 1.54) is 23.0 Å². The van der Waals surface area contributed by atoms with Crippen LogP contribution in [0.25, 0.3) is 0 Å². The Kier molecular flexibility index (Phi) is 3.14. The molecule has 0 unspecified atom stereocenters. The molecule has 0 aliphatic rings. The van der Waals surface area contributed by atoms with Gasteiger partial charge < -0.3 is 0 Å². The smallest absolute Gasteiger partial charge is 0.270 e. The first-order valence-electron chi connectivity index (χ1n) is 4.56. The zero-order chi connectivity index (χ0) is 12.4. The predicted octanol–water partition coefficient (Wildman–Crippen LogP) is 1.36. The van der Waals surface area contributed by atoms with Gasteiger partial charge in [0.1, 0.15) is 5.82 Å². The number of rotatable bonds is 2. The summed E-state index contributed by atoms with van der Waals surface area (Å²) >= 11 is 3.00. The van der Waals surface area contributed by atoms with E-state index in [1.807, 2.05) is 0 Å². The summed E-state index contributed by atoms with van der Waals surface area (Å²) in [5.74, 6) is -0.768. The summed E-state index contributed by atoms with van der Waals surface area (Å²) in [6.45, 7) is 0. The molecular formula is C9H7BrFN5O. The summed E-state index contributed by atoms with van der Waals surface area (Å²) in [5.41, 5.74) is 0.297. The van der Waals surface area contributed by atoms with E-state index in [9.17, 15) is 9.18 Å². The zero-order valence-electron chi connectivity index (χ0n) is 8.69. The van der Waals surface area contributed by atoms with Crippen LogP contribution in [0.1, 0.15) is 10.4 Å². The monoisotopic (exact) mass is 299 g/mol. The van der Waals surface area contributed by atoms with Gasteiger partial charge in [0.15, 0.2) is 0 Å². The lowest BCUT2D eigenvalue weighted by atomic mass is 10.2. The molecule has 0 fully saturated rings. The number of hydrogen-bond donors (Lipinski definition) is 1. The molecule has 1 aromatic carbocycles. The van der Waals surface area contributed by atoms with Crippen LogP contribution in [0.3, 0.4) is 0 Å². The van der Waals surface area contributed by atoms with Gasteiger partial charge in [-0.2, -0.15) is 4.80 Å². The maximum absolute atomic E-state index is 13.0. The SMILES string of the molecule is Cn1nnc(NC(=O)c2ccc(F)c(Br)c2)n1. The van der Waals surface area contributed by atoms with Crippen LogP contribution in [0.4, 0.5) is 10.3 Å². The number of carbonyl (C=O) groups is 1. The number of amides is 1. The molecule has 0 aliphatic carbocycles. The van der Waals surface area contributed by atoms with Gasteiger partial charge in [-0.1, -0.05) is 5.10 Å². The first-order chi connectivity index (χ1) is 8.06. The Hall–Kier alpha value is -1.83. The van der Waals surface area contributed by atoms with Crippen LogP contribution in [-0.4, -0.2) is 26.1 Å². The molecule has 2 aromatic rings. The first kappa shape index (κ1) is 11.6. The fourth-order valence-electron chi connectivity index (χ4n) is 1.15. The van der Waals surface area contributed by atoms with E-state index in [4.69, 9.17) is 0 Å². The first-order valence-corrected chi connectivity index (χ1v) is 5.36. The van der Waals surface area contributed by atoms with Gasteiger partial charge in [0.05, 0.1) is 11.5 Å². The van der Waals surface area contributed by atoms with Gasteiger partial charge in [0.25, 0.3) is 11.9 Å². The van der Waals surface area contributed by atoms with Gasteiger partial charge in [-0.15, -0.1) is 5.10 Å². The van der Waals surface area contributed by atoms with Crippen molar-refractivity contribution in [1.82, 2.24) is 20.2 Å². The van der Waals surface area contributed by atoms with E-state index in [0.717, 1.165) is 0 Å². The van der Waals surface area contributed by atoms with Crippen molar-refractivity contribution in [3.05, 3.63) is 34.1 Å². The van der Waals surface area contributed by atoms with Crippen LogP contribution in [-0.2, 0) is 7.05 Å². The number of aryl methyl sites for hydroxylation is 1. The van der Waals surface area contributed by atoms with Gasteiger partial charge in [0.2, 0.25) is 0 Å². The molecular weight excluding hydrogens is 293 g/mol. The number of anilines is 1. The molecule has 1 aromatic heterocycles. The van der Waals surface area contributed by atoms with E-state index in [2.05, 4.69) is 36.7 Å². The number of tetrazole rings is 1. The molecule has 1 heterocycles. The van der Waals surface area contributed by atoms with Gasteiger partial charge in [-0.25, -0.2) is 4.39 Å². The van der Waals surface area contributed by atoms with Crippen molar-refractivity contribution in [1.29, 1.82) is 0 Å². The van der Waals surface area contributed by atoms with Crippen molar-refractivity contribution >= 4 is 27.8 Å². The Morgan fingerprint density at radius 2 is 2.29 bits per heavy atom. The second kappa shape index (κ2) is 4.58. The minimum Gasteiger partial charge on any atom is -0.288 e. The Morgan fingerprint density at radius 3 is 2.88 bits per heavy atom. The molecule has 17 heavy (non-hydrogen) atoms. The predicted molar refractivity (Wildman–Crippen MR) is 60.9 cm³/mol. The fourth-order valence-corrected chi connectivity index (χ4v) is 1.52. The highest BCUT2D eigenvalue weighted by Crippen LogP contribution is 2.17. The molecule has 0 radical (unpaired) electrons. The van der Waals surface area contributed by atoms with Crippen LogP contribution in [0, 0.1) is 5.82 Å². The molecule has 6 nitrogen and oxygen atoms in total. The molecule has 0 spiro atoms. The highest BCUT2D eigenvalue weighted by Gasteiger charge is 2.11. The van der Waals surface area contributed by atoms with Crippen molar-refractivity contribution in [2.45, 2.75) is 0 Å². The third-order valence-corrected chi connectivity index (χ3v) is 2.52. The lowest BCUT2D eigenvalue weighted by Gasteiger charge is -2.01. The van der Waals surface area contributed by atoms with Crippen LogP contribution in [0.5, 0.6) is 0 Å². The van der Waals surface area contributed by atoms with Gasteiger partial charge >= 0.3 is 0 Å². The number of nitrogens with one attached hydrogen (secondary N) is 1. The second-order valence-corrected chi connectivity index (χ2v) is 4.04. The van der Waals surface area contributed by atoms with Gasteiger partial charge in [0, 0.05) is 5.56 Å². The summed E-state index contributed by atoms with van der Waals surface area (Å²) < 4.78 is 13.2. The maximum Gasteiger partial charge on any atom is 0.270 e. The quantitative estimate of drug-likeness (QED) is 0.909. The van der Waals surface area contributed by atoms with E-state index in [0.29, 0.717) is 5.56 Å². The summed E-state index contributed by atoms with van der Waals surface area (Å²) in [6, 6.07) is 3.94. The summed E-state index contributed by atoms with van der Waals surface area (Å²) in [7, 11) is 1.58. The number of aromatic nitrogens is 4. The minimum atomic E-state index is -0.432. The van der Waals surface area contributed by atoms with Crippen molar-refractivity contribution < 1.29 is 9.18 Å². The van der Waals surface area contributed by atoms with Crippen LogP contribution in [0.2, 0.25) is 0 Å². The molecule has 1 amide bonds. The summed E-state index contributed by atoms with van der Waals surface area (Å²) in [5, 5.41) is 13.4. The highest BCUT2D eigenvalue weighted by molar-refractivity contribution is 9.10. The molecule has 0 bridgehead atoms. The van der Waals surface area contributed by atoms with Crippen molar-refractivity contribution in [2.75, 3.05) is 5.32 Å². The molecule has 1 N–H and O–H groups in total. The molecule has 88 valence electrons. The third kappa shape index (κ3) is 2.64. The van der Waals surface area contributed by atoms with Crippen molar-refractivity contribution in [3.63, 3.8) is 0 Å². The Labute approximate surface area is 104 Å². The zero-order valence-corrected chi connectivity index (χ0v) is 10.3. The molecule has 0 aliphatic heterocycles. The maximum atomic E-state index is 13.0. The Balaban J connectivity index is 2.17. The number of halogens is 2. The summed E-state index contributed by atoms with van der Waals surface area (Å²) in [6.07, 6.45) is 0. The van der Waals surface area contributed by atoms with E-state index in [-0.39, 0.29) is 10.4 Å². The number of benzene rings is 1. The normalized spacial score (nSPS) is 10.3. The van der Waals surface area contributed by atoms with Crippen molar-refractivity contribution in [2.24, 2.45) is 7.05 Å². The Morgan fingerprint density at radius 1 is 1.53 bits per heavy atom. The largest absolute Gasteiger partial charge is 0.288 e. The lowest BCUT2D eigenvalue weighted by molar-refractivity contribution is 0.102. The van der Waals surface area contributed by atoms with Gasteiger partial charge in [-0.05, 0) is 39.3 Å². The number of nitrogens with zero attached hydrogens (tertiary/aromatic N) is 4. The number of hydrogen-bond acceptors (Lipinski definition) is 4. The van der Waals surface area contributed by atoms with E-state index in [1.54, 1.807) is 7.05 Å². The lowest BCUT2D eigenvalue weighted by Crippen LogP contribution is -2.13. The standard InChI is InChI=1S/C9H7BrFN5O/c1-16-14-9(13-15-16)12-8(17)5-2-3-7(11)6(10)4-5/h2-4H,1H3,(H,12,14,17). The number of carbonyl (C=O) groups excluding carboxylic acids is 1. The van der Waals surface area contributed by atoms with Crippen LogP contribution < -0.4 is 5.32 Å². The van der Waals surface area contributed by atoms with Gasteiger partial charge in [-0.3, -0.25) is 10.1 Å². The average Bonchev–Trinajstić information content (AvgIpc) is 2.68. The molecule has 8 heteroatoms. The van der Waals surface area contributed by atoms with E-state index >= 15 is 0 Å². The topological polar surface area (TPSA) is 72.7 Å². The third-order valence-electron chi connectivity index (χ3n) is 1.92. The van der Waals surface area contributed by atoms with E-state index < -0.39 is 11.7 Å².